The molecule has 1 aromatic heterocycles. The van der Waals surface area contributed by atoms with E-state index < -0.39 is 0 Å². The van der Waals surface area contributed by atoms with Crippen LogP contribution >= 0.6 is 11.6 Å². The van der Waals surface area contributed by atoms with Crippen LogP contribution in [-0.2, 0) is 11.2 Å². The van der Waals surface area contributed by atoms with E-state index in [1.54, 1.807) is 18.2 Å². The van der Waals surface area contributed by atoms with Gasteiger partial charge in [0.2, 0.25) is 5.89 Å². The Hall–Kier alpha value is -3.31. The molecular formula is C24H21ClN2O3. The van der Waals surface area contributed by atoms with E-state index in [0.29, 0.717) is 33.4 Å². The first-order chi connectivity index (χ1) is 14.5. The van der Waals surface area contributed by atoms with E-state index >= 15 is 0 Å². The van der Waals surface area contributed by atoms with Crippen LogP contribution in [0.5, 0.6) is 5.75 Å². The zero-order valence-corrected chi connectivity index (χ0v) is 17.5. The Labute approximate surface area is 179 Å². The molecule has 0 atom stereocenters. The van der Waals surface area contributed by atoms with E-state index in [9.17, 15) is 4.79 Å². The maximum Gasteiger partial charge on any atom is 0.262 e. The topological polar surface area (TPSA) is 64.4 Å². The molecule has 5 nitrogen and oxygen atoms in total. The molecule has 1 N–H and O–H groups in total. The van der Waals surface area contributed by atoms with Crippen LogP contribution in [0.4, 0.5) is 5.69 Å². The van der Waals surface area contributed by atoms with E-state index in [1.165, 1.54) is 5.56 Å². The second-order valence-corrected chi connectivity index (χ2v) is 7.38. The molecule has 30 heavy (non-hydrogen) atoms. The van der Waals surface area contributed by atoms with Crippen LogP contribution in [-0.4, -0.2) is 17.5 Å². The zero-order valence-electron chi connectivity index (χ0n) is 16.7. The molecule has 1 heterocycles. The summed E-state index contributed by atoms with van der Waals surface area (Å²) in [6.07, 6.45) is 0.962. The molecule has 0 fully saturated rings. The van der Waals surface area contributed by atoms with Gasteiger partial charge in [0, 0.05) is 16.3 Å². The van der Waals surface area contributed by atoms with Gasteiger partial charge in [-0.3, -0.25) is 4.79 Å². The fourth-order valence-corrected chi connectivity index (χ4v) is 3.34. The van der Waals surface area contributed by atoms with E-state index in [0.717, 1.165) is 17.5 Å². The minimum absolute atomic E-state index is 0.0729. The number of aryl methyl sites for hydroxylation is 1. The summed E-state index contributed by atoms with van der Waals surface area (Å²) in [4.78, 5) is 16.9. The third kappa shape index (κ3) is 4.31. The van der Waals surface area contributed by atoms with Crippen LogP contribution in [0, 0.1) is 6.92 Å². The van der Waals surface area contributed by atoms with Crippen molar-refractivity contribution < 1.29 is 13.9 Å². The molecule has 0 unspecified atom stereocenters. The lowest BCUT2D eigenvalue weighted by atomic mass is 10.1. The third-order valence-corrected chi connectivity index (χ3v) is 5.12. The third-order valence-electron chi connectivity index (χ3n) is 4.89. The van der Waals surface area contributed by atoms with Gasteiger partial charge in [-0.25, -0.2) is 4.98 Å². The Morgan fingerprint density at radius 1 is 1.13 bits per heavy atom. The van der Waals surface area contributed by atoms with Crippen molar-refractivity contribution in [3.05, 3.63) is 76.8 Å². The number of rotatable bonds is 6. The average molecular weight is 421 g/mol. The summed E-state index contributed by atoms with van der Waals surface area (Å²) in [6, 6.07) is 18.6. The number of carbonyl (C=O) groups excluding carboxylic acids is 1. The molecule has 0 saturated carbocycles. The number of hydrogen-bond donors (Lipinski definition) is 1. The lowest BCUT2D eigenvalue weighted by Gasteiger charge is -2.12. The number of nitrogens with zero attached hydrogens (tertiary/aromatic N) is 1. The minimum atomic E-state index is -0.237. The lowest BCUT2D eigenvalue weighted by molar-refractivity contribution is -0.118. The molecule has 4 rings (SSSR count). The Bertz CT molecular complexity index is 1200. The maximum absolute atomic E-state index is 12.4. The zero-order chi connectivity index (χ0) is 21.1. The highest BCUT2D eigenvalue weighted by atomic mass is 35.5. The number of ether oxygens (including phenoxy) is 1. The summed E-state index contributed by atoms with van der Waals surface area (Å²) < 4.78 is 11.5. The molecule has 0 aliphatic heterocycles. The smallest absolute Gasteiger partial charge is 0.262 e. The Morgan fingerprint density at radius 2 is 1.93 bits per heavy atom. The standard InChI is InChI=1S/C24H21ClN2O3/c1-3-16-7-10-18(11-8-16)29-14-23(28)26-20-6-4-5-19(15(20)2)24-27-21-13-17(25)9-12-22(21)30-24/h4-13H,3,14H2,1-2H3,(H,26,28). The number of halogens is 1. The van der Waals surface area contributed by atoms with Crippen molar-refractivity contribution in [2.75, 3.05) is 11.9 Å². The Kier molecular flexibility index (Phi) is 5.72. The van der Waals surface area contributed by atoms with Gasteiger partial charge in [-0.1, -0.05) is 36.7 Å². The summed E-state index contributed by atoms with van der Waals surface area (Å²) in [5, 5.41) is 3.50. The Morgan fingerprint density at radius 3 is 2.70 bits per heavy atom. The number of hydrogen-bond acceptors (Lipinski definition) is 4. The van der Waals surface area contributed by atoms with E-state index in [4.69, 9.17) is 20.8 Å². The van der Waals surface area contributed by atoms with Crippen LogP contribution in [0.2, 0.25) is 5.02 Å². The first kappa shape index (κ1) is 20.0. The molecule has 3 aromatic carbocycles. The monoisotopic (exact) mass is 420 g/mol. The van der Waals surface area contributed by atoms with E-state index in [1.807, 2.05) is 49.4 Å². The summed E-state index contributed by atoms with van der Waals surface area (Å²) in [5.41, 5.74) is 4.91. The number of carbonyl (C=O) groups is 1. The van der Waals surface area contributed by atoms with Crippen molar-refractivity contribution in [1.29, 1.82) is 0 Å². The van der Waals surface area contributed by atoms with Gasteiger partial charge in [-0.05, 0) is 66.9 Å². The number of amides is 1. The van der Waals surface area contributed by atoms with Gasteiger partial charge in [0.1, 0.15) is 11.3 Å². The van der Waals surface area contributed by atoms with Crippen molar-refractivity contribution in [3.63, 3.8) is 0 Å². The van der Waals surface area contributed by atoms with Crippen LogP contribution in [0.3, 0.4) is 0 Å². The van der Waals surface area contributed by atoms with Crippen molar-refractivity contribution in [1.82, 2.24) is 4.98 Å². The fourth-order valence-electron chi connectivity index (χ4n) is 3.18. The highest BCUT2D eigenvalue weighted by Crippen LogP contribution is 2.31. The van der Waals surface area contributed by atoms with E-state index in [-0.39, 0.29) is 12.5 Å². The Balaban J connectivity index is 1.48. The molecule has 4 aromatic rings. The number of fused-ring (bicyclic) bond motifs is 1. The van der Waals surface area contributed by atoms with Crippen LogP contribution in [0.15, 0.2) is 65.1 Å². The molecule has 6 heteroatoms. The summed E-state index contributed by atoms with van der Waals surface area (Å²) in [5.74, 6) is 0.908. The van der Waals surface area contributed by atoms with Crippen LogP contribution < -0.4 is 10.1 Å². The SMILES string of the molecule is CCc1ccc(OCC(=O)Nc2cccc(-c3nc4cc(Cl)ccc4o3)c2C)cc1. The molecule has 0 radical (unpaired) electrons. The normalized spacial score (nSPS) is 10.9. The second kappa shape index (κ2) is 8.59. The second-order valence-electron chi connectivity index (χ2n) is 6.94. The lowest BCUT2D eigenvalue weighted by Crippen LogP contribution is -2.20. The van der Waals surface area contributed by atoms with Gasteiger partial charge in [0.15, 0.2) is 12.2 Å². The number of benzene rings is 3. The number of anilines is 1. The summed E-state index contributed by atoms with van der Waals surface area (Å²) >= 11 is 6.04. The van der Waals surface area contributed by atoms with Crippen LogP contribution in [0.1, 0.15) is 18.1 Å². The van der Waals surface area contributed by atoms with Gasteiger partial charge >= 0.3 is 0 Å². The predicted octanol–water partition coefficient (Wildman–Crippen LogP) is 6.04. The predicted molar refractivity (Wildman–Crippen MR) is 119 cm³/mol. The van der Waals surface area contributed by atoms with Crippen molar-refractivity contribution in [2.45, 2.75) is 20.3 Å². The molecule has 0 aliphatic rings. The first-order valence-corrected chi connectivity index (χ1v) is 10.1. The largest absolute Gasteiger partial charge is 0.484 e. The van der Waals surface area contributed by atoms with Gasteiger partial charge in [0.25, 0.3) is 5.91 Å². The number of aromatic nitrogens is 1. The highest BCUT2D eigenvalue weighted by molar-refractivity contribution is 6.31. The molecule has 152 valence electrons. The first-order valence-electron chi connectivity index (χ1n) is 9.71. The van der Waals surface area contributed by atoms with Gasteiger partial charge in [0.05, 0.1) is 0 Å². The fraction of sp³-hybridized carbons (Fsp3) is 0.167. The van der Waals surface area contributed by atoms with Gasteiger partial charge < -0.3 is 14.5 Å². The minimum Gasteiger partial charge on any atom is -0.484 e. The molecule has 0 aliphatic carbocycles. The van der Waals surface area contributed by atoms with Gasteiger partial charge in [-0.15, -0.1) is 0 Å². The number of oxazole rings is 1. The quantitative estimate of drug-likeness (QED) is 0.413. The van der Waals surface area contributed by atoms with E-state index in [2.05, 4.69) is 17.2 Å². The molecule has 1 amide bonds. The highest BCUT2D eigenvalue weighted by Gasteiger charge is 2.14. The molecular weight excluding hydrogens is 400 g/mol. The number of nitrogens with one attached hydrogen (secondary N) is 1. The molecule has 0 bridgehead atoms. The summed E-state index contributed by atoms with van der Waals surface area (Å²) in [7, 11) is 0. The van der Waals surface area contributed by atoms with Gasteiger partial charge in [-0.2, -0.15) is 0 Å². The van der Waals surface area contributed by atoms with Crippen molar-refractivity contribution in [2.24, 2.45) is 0 Å². The molecule has 0 spiro atoms. The van der Waals surface area contributed by atoms with Crippen LogP contribution in [0.25, 0.3) is 22.6 Å². The summed E-state index contributed by atoms with van der Waals surface area (Å²) in [6.45, 7) is 3.93. The average Bonchev–Trinajstić information content (AvgIpc) is 3.17. The molecule has 0 saturated heterocycles. The maximum atomic E-state index is 12.4. The van der Waals surface area contributed by atoms with Crippen molar-refractivity contribution >= 4 is 34.3 Å². The van der Waals surface area contributed by atoms with Crippen molar-refractivity contribution in [3.8, 4) is 17.2 Å².